The van der Waals surface area contributed by atoms with Crippen LogP contribution in [0, 0.1) is 0 Å². The molecule has 7 heteroatoms. The van der Waals surface area contributed by atoms with E-state index in [9.17, 15) is 9.59 Å². The zero-order valence-corrected chi connectivity index (χ0v) is 16.8. The number of rotatable bonds is 5. The number of hydrogen-bond acceptors (Lipinski definition) is 4. The number of para-hydroxylation sites is 2. The van der Waals surface area contributed by atoms with Crippen molar-refractivity contribution in [1.29, 1.82) is 0 Å². The summed E-state index contributed by atoms with van der Waals surface area (Å²) < 4.78 is 2.02. The summed E-state index contributed by atoms with van der Waals surface area (Å²) in [5, 5.41) is 3.02. The van der Waals surface area contributed by atoms with Gasteiger partial charge in [0.25, 0.3) is 5.91 Å². The Labute approximate surface area is 175 Å². The molecule has 1 saturated carbocycles. The molecule has 1 N–H and O–H groups in total. The van der Waals surface area contributed by atoms with E-state index in [1.54, 1.807) is 6.33 Å². The van der Waals surface area contributed by atoms with Crippen molar-refractivity contribution >= 4 is 22.8 Å². The number of carbonyl (C=O) groups excluding carboxylic acids is 2. The Morgan fingerprint density at radius 1 is 0.967 bits per heavy atom. The SMILES string of the molecule is O=C(CN1CCN(C(=O)c2ccc(-n3cnc4ccccc43)cc2)CC1)NC1CC1. The molecule has 1 aliphatic heterocycles. The van der Waals surface area contributed by atoms with Crippen LogP contribution in [0.2, 0.25) is 0 Å². The van der Waals surface area contributed by atoms with Crippen LogP contribution >= 0.6 is 0 Å². The van der Waals surface area contributed by atoms with Crippen molar-refractivity contribution in [3.63, 3.8) is 0 Å². The lowest BCUT2D eigenvalue weighted by Gasteiger charge is -2.34. The number of imidazole rings is 1. The summed E-state index contributed by atoms with van der Waals surface area (Å²) in [7, 11) is 0. The Balaban J connectivity index is 1.20. The molecule has 1 saturated heterocycles. The van der Waals surface area contributed by atoms with Crippen molar-refractivity contribution in [3.8, 4) is 5.69 Å². The number of fused-ring (bicyclic) bond motifs is 1. The third-order valence-electron chi connectivity index (χ3n) is 5.82. The Bertz CT molecular complexity index is 1060. The number of carbonyl (C=O) groups is 2. The van der Waals surface area contributed by atoms with Gasteiger partial charge in [0.2, 0.25) is 5.91 Å². The van der Waals surface area contributed by atoms with E-state index in [1.807, 2.05) is 58.0 Å². The molecule has 5 rings (SSSR count). The number of nitrogens with zero attached hydrogens (tertiary/aromatic N) is 4. The van der Waals surface area contributed by atoms with E-state index in [-0.39, 0.29) is 11.8 Å². The van der Waals surface area contributed by atoms with Crippen molar-refractivity contribution < 1.29 is 9.59 Å². The Morgan fingerprint density at radius 2 is 1.70 bits per heavy atom. The molecule has 3 aromatic rings. The number of nitrogens with one attached hydrogen (secondary N) is 1. The molecular weight excluding hydrogens is 378 g/mol. The van der Waals surface area contributed by atoms with Crippen molar-refractivity contribution in [1.82, 2.24) is 24.7 Å². The van der Waals surface area contributed by atoms with Crippen molar-refractivity contribution in [2.24, 2.45) is 0 Å². The average Bonchev–Trinajstić information content (AvgIpc) is 3.48. The monoisotopic (exact) mass is 403 g/mol. The van der Waals surface area contributed by atoms with Gasteiger partial charge in [-0.1, -0.05) is 12.1 Å². The number of hydrogen-bond donors (Lipinski definition) is 1. The molecule has 0 atom stereocenters. The minimum Gasteiger partial charge on any atom is -0.352 e. The number of piperazine rings is 1. The molecule has 7 nitrogen and oxygen atoms in total. The molecule has 154 valence electrons. The van der Waals surface area contributed by atoms with Crippen LogP contribution in [0.25, 0.3) is 16.7 Å². The first-order chi connectivity index (χ1) is 14.7. The molecular formula is C23H25N5O2. The van der Waals surface area contributed by atoms with E-state index >= 15 is 0 Å². The quantitative estimate of drug-likeness (QED) is 0.708. The third-order valence-corrected chi connectivity index (χ3v) is 5.82. The van der Waals surface area contributed by atoms with Crippen LogP contribution in [0.1, 0.15) is 23.2 Å². The van der Waals surface area contributed by atoms with E-state index in [0.717, 1.165) is 42.7 Å². The summed E-state index contributed by atoms with van der Waals surface area (Å²) in [5.74, 6) is 0.138. The highest BCUT2D eigenvalue weighted by atomic mass is 16.2. The normalized spacial score (nSPS) is 17.3. The van der Waals surface area contributed by atoms with Crippen LogP contribution in [0.5, 0.6) is 0 Å². The van der Waals surface area contributed by atoms with Gasteiger partial charge >= 0.3 is 0 Å². The Kier molecular flexibility index (Phi) is 4.96. The molecule has 1 aromatic heterocycles. The predicted molar refractivity (Wildman–Crippen MR) is 115 cm³/mol. The largest absolute Gasteiger partial charge is 0.352 e. The second kappa shape index (κ2) is 7.91. The minimum absolute atomic E-state index is 0.0409. The first-order valence-corrected chi connectivity index (χ1v) is 10.5. The van der Waals surface area contributed by atoms with Gasteiger partial charge in [0.15, 0.2) is 0 Å². The van der Waals surface area contributed by atoms with Crippen LogP contribution in [0.4, 0.5) is 0 Å². The van der Waals surface area contributed by atoms with E-state index in [2.05, 4.69) is 15.2 Å². The van der Waals surface area contributed by atoms with E-state index in [4.69, 9.17) is 0 Å². The molecule has 2 aromatic carbocycles. The van der Waals surface area contributed by atoms with Crippen molar-refractivity contribution in [2.45, 2.75) is 18.9 Å². The second-order valence-corrected chi connectivity index (χ2v) is 8.06. The van der Waals surface area contributed by atoms with E-state index in [1.165, 1.54) is 0 Å². The third kappa shape index (κ3) is 3.93. The zero-order chi connectivity index (χ0) is 20.5. The summed E-state index contributed by atoms with van der Waals surface area (Å²) in [6.45, 7) is 3.16. The fourth-order valence-electron chi connectivity index (χ4n) is 3.93. The lowest BCUT2D eigenvalue weighted by Crippen LogP contribution is -2.51. The van der Waals surface area contributed by atoms with Crippen LogP contribution in [0.15, 0.2) is 54.9 Å². The first kappa shape index (κ1) is 18.8. The molecule has 30 heavy (non-hydrogen) atoms. The summed E-state index contributed by atoms with van der Waals surface area (Å²) >= 11 is 0. The van der Waals surface area contributed by atoms with Gasteiger partial charge in [-0.2, -0.15) is 0 Å². The summed E-state index contributed by atoms with van der Waals surface area (Å²) in [4.78, 5) is 33.3. The van der Waals surface area contributed by atoms with Crippen LogP contribution in [0.3, 0.4) is 0 Å². The second-order valence-electron chi connectivity index (χ2n) is 8.06. The first-order valence-electron chi connectivity index (χ1n) is 10.5. The maximum Gasteiger partial charge on any atom is 0.253 e. The van der Waals surface area contributed by atoms with Gasteiger partial charge in [0.05, 0.1) is 17.6 Å². The lowest BCUT2D eigenvalue weighted by atomic mass is 10.1. The number of aromatic nitrogens is 2. The average molecular weight is 403 g/mol. The summed E-state index contributed by atoms with van der Waals surface area (Å²) in [6, 6.07) is 16.0. The van der Waals surface area contributed by atoms with Gasteiger partial charge in [0.1, 0.15) is 6.33 Å². The topological polar surface area (TPSA) is 70.5 Å². The molecule has 0 bridgehead atoms. The maximum atomic E-state index is 12.9. The molecule has 2 amide bonds. The zero-order valence-electron chi connectivity index (χ0n) is 16.8. The lowest BCUT2D eigenvalue weighted by molar-refractivity contribution is -0.122. The van der Waals surface area contributed by atoms with Crippen LogP contribution in [-0.4, -0.2) is 69.9 Å². The van der Waals surface area contributed by atoms with Gasteiger partial charge in [-0.3, -0.25) is 19.1 Å². The van der Waals surface area contributed by atoms with Crippen molar-refractivity contribution in [3.05, 3.63) is 60.4 Å². The van der Waals surface area contributed by atoms with Gasteiger partial charge in [-0.15, -0.1) is 0 Å². The molecule has 0 unspecified atom stereocenters. The molecule has 0 spiro atoms. The summed E-state index contributed by atoms with van der Waals surface area (Å²) in [6.07, 6.45) is 4.01. The molecule has 1 aliphatic carbocycles. The van der Waals surface area contributed by atoms with Gasteiger partial charge in [0, 0.05) is 43.5 Å². The highest BCUT2D eigenvalue weighted by Gasteiger charge is 2.26. The fourth-order valence-corrected chi connectivity index (χ4v) is 3.93. The predicted octanol–water partition coefficient (Wildman–Crippen LogP) is 2.06. The smallest absolute Gasteiger partial charge is 0.253 e. The minimum atomic E-state index is 0.0409. The molecule has 0 radical (unpaired) electrons. The standard InChI is InChI=1S/C23H25N5O2/c29-22(25-18-7-8-18)15-26-11-13-27(14-12-26)23(30)17-5-9-19(10-6-17)28-16-24-20-3-1-2-4-21(20)28/h1-6,9-10,16,18H,7-8,11-15H2,(H,25,29). The van der Waals surface area contributed by atoms with Crippen molar-refractivity contribution in [2.75, 3.05) is 32.7 Å². The number of benzene rings is 2. The number of amides is 2. The van der Waals surface area contributed by atoms with E-state index in [0.29, 0.717) is 31.2 Å². The van der Waals surface area contributed by atoms with Crippen LogP contribution < -0.4 is 5.32 Å². The highest BCUT2D eigenvalue weighted by Crippen LogP contribution is 2.20. The Morgan fingerprint density at radius 3 is 2.43 bits per heavy atom. The Hall–Kier alpha value is -3.19. The summed E-state index contributed by atoms with van der Waals surface area (Å²) in [5.41, 5.74) is 3.65. The van der Waals surface area contributed by atoms with E-state index < -0.39 is 0 Å². The molecule has 2 fully saturated rings. The van der Waals surface area contributed by atoms with Gasteiger partial charge in [-0.05, 0) is 49.2 Å². The van der Waals surface area contributed by atoms with Gasteiger partial charge in [-0.25, -0.2) is 4.98 Å². The maximum absolute atomic E-state index is 12.9. The highest BCUT2D eigenvalue weighted by molar-refractivity contribution is 5.94. The molecule has 2 heterocycles. The van der Waals surface area contributed by atoms with Crippen LogP contribution in [-0.2, 0) is 4.79 Å². The molecule has 2 aliphatic rings. The van der Waals surface area contributed by atoms with Gasteiger partial charge < -0.3 is 10.2 Å². The fraction of sp³-hybridized carbons (Fsp3) is 0.348.